The van der Waals surface area contributed by atoms with Crippen LogP contribution in [0.1, 0.15) is 22.6 Å². The predicted molar refractivity (Wildman–Crippen MR) is 143 cm³/mol. The molecule has 9 heteroatoms. The molecule has 4 rings (SSSR count). The minimum absolute atomic E-state index is 0.0173. The van der Waals surface area contributed by atoms with E-state index in [1.807, 2.05) is 25.1 Å². The van der Waals surface area contributed by atoms with Crippen molar-refractivity contribution in [2.75, 3.05) is 7.11 Å². The molecule has 0 amide bonds. The first-order valence-electron chi connectivity index (χ1n) is 11.0. The molecule has 0 bridgehead atoms. The van der Waals surface area contributed by atoms with Gasteiger partial charge in [0.25, 0.3) is 0 Å². The number of hydrogen-bond donors (Lipinski definition) is 0. The normalized spacial score (nSPS) is 11.9. The lowest BCUT2D eigenvalue weighted by molar-refractivity contribution is 0.357. The zero-order chi connectivity index (χ0) is 25.7. The second-order valence-electron chi connectivity index (χ2n) is 8.10. The maximum absolute atomic E-state index is 13.6. The van der Waals surface area contributed by atoms with Crippen LogP contribution in [-0.4, -0.2) is 26.0 Å². The molecule has 1 heterocycles. The van der Waals surface area contributed by atoms with Crippen LogP contribution in [-0.2, 0) is 23.1 Å². The lowest BCUT2D eigenvalue weighted by atomic mass is 10.2. The molecule has 0 aliphatic carbocycles. The highest BCUT2D eigenvalue weighted by Crippen LogP contribution is 2.27. The van der Waals surface area contributed by atoms with Crippen molar-refractivity contribution < 1.29 is 17.6 Å². The highest BCUT2D eigenvalue weighted by molar-refractivity contribution is 7.89. The number of methoxy groups -OCH3 is 1. The Hall–Kier alpha value is -3.10. The Morgan fingerprint density at radius 1 is 0.944 bits per heavy atom. The first kappa shape index (κ1) is 26.0. The molecule has 0 aliphatic rings. The first-order valence-corrected chi connectivity index (χ1v) is 13.2. The number of rotatable bonds is 9. The summed E-state index contributed by atoms with van der Waals surface area (Å²) in [5.74, 6) is 1.66. The van der Waals surface area contributed by atoms with Gasteiger partial charge in [0, 0.05) is 12.6 Å². The molecule has 1 aromatic heterocycles. The fraction of sp³-hybridized carbons (Fsp3) is 0.148. The second-order valence-corrected chi connectivity index (χ2v) is 10.9. The summed E-state index contributed by atoms with van der Waals surface area (Å²) in [5.41, 5.74) is 2.37. The van der Waals surface area contributed by atoms with E-state index >= 15 is 0 Å². The fourth-order valence-corrected chi connectivity index (χ4v) is 5.19. The highest BCUT2D eigenvalue weighted by Gasteiger charge is 2.26. The van der Waals surface area contributed by atoms with Crippen LogP contribution >= 0.6 is 23.2 Å². The van der Waals surface area contributed by atoms with Crippen LogP contribution in [0.15, 0.2) is 93.2 Å². The van der Waals surface area contributed by atoms with Crippen molar-refractivity contribution in [3.8, 4) is 5.75 Å². The van der Waals surface area contributed by atoms with E-state index in [-0.39, 0.29) is 18.0 Å². The molecule has 0 atom stereocenters. The van der Waals surface area contributed by atoms with Crippen LogP contribution in [0.25, 0.3) is 0 Å². The lowest BCUT2D eigenvalue weighted by Gasteiger charge is -2.22. The molecule has 3 aromatic carbocycles. The molecule has 0 N–H and O–H groups in total. The van der Waals surface area contributed by atoms with Crippen molar-refractivity contribution in [1.82, 2.24) is 4.31 Å². The summed E-state index contributed by atoms with van der Waals surface area (Å²) < 4.78 is 39.6. The molecule has 0 radical (unpaired) electrons. The topological polar surface area (TPSA) is 72.1 Å². The molecule has 0 spiro atoms. The van der Waals surface area contributed by atoms with Crippen molar-refractivity contribution >= 4 is 45.1 Å². The minimum atomic E-state index is -3.84. The molecule has 186 valence electrons. The third kappa shape index (κ3) is 6.36. The van der Waals surface area contributed by atoms with Gasteiger partial charge < -0.3 is 9.15 Å². The lowest BCUT2D eigenvalue weighted by Crippen LogP contribution is -2.30. The second kappa shape index (κ2) is 11.3. The minimum Gasteiger partial charge on any atom is -0.497 e. The summed E-state index contributed by atoms with van der Waals surface area (Å²) >= 11 is 12.2. The maximum atomic E-state index is 13.6. The number of halogens is 2. The van der Waals surface area contributed by atoms with Gasteiger partial charge in [0.05, 0.1) is 40.5 Å². The van der Waals surface area contributed by atoms with Crippen LogP contribution < -0.4 is 4.74 Å². The SMILES string of the molecule is COc1cccc(N=Cc2ccc(CN(Cc3ccc(Cl)c(Cl)c3)S(=O)(=O)c3ccc(C)cc3)o2)c1. The summed E-state index contributed by atoms with van der Waals surface area (Å²) in [7, 11) is -2.25. The van der Waals surface area contributed by atoms with Crippen LogP contribution in [0.5, 0.6) is 5.75 Å². The molecule has 0 unspecified atom stereocenters. The summed E-state index contributed by atoms with van der Waals surface area (Å²) in [6.07, 6.45) is 1.58. The molecule has 4 aromatic rings. The van der Waals surface area contributed by atoms with Crippen LogP contribution in [0.2, 0.25) is 10.0 Å². The van der Waals surface area contributed by atoms with Crippen molar-refractivity contribution in [3.05, 3.63) is 112 Å². The summed E-state index contributed by atoms with van der Waals surface area (Å²) in [6, 6.07) is 22.6. The maximum Gasteiger partial charge on any atom is 0.243 e. The fourth-order valence-electron chi connectivity index (χ4n) is 3.48. The molecule has 0 saturated heterocycles. The van der Waals surface area contributed by atoms with Gasteiger partial charge in [-0.1, -0.05) is 53.0 Å². The Bertz CT molecular complexity index is 1480. The summed E-state index contributed by atoms with van der Waals surface area (Å²) in [5, 5.41) is 0.759. The van der Waals surface area contributed by atoms with Gasteiger partial charge >= 0.3 is 0 Å². The van der Waals surface area contributed by atoms with Crippen LogP contribution in [0.4, 0.5) is 5.69 Å². The van der Waals surface area contributed by atoms with E-state index in [1.54, 1.807) is 74.0 Å². The van der Waals surface area contributed by atoms with Gasteiger partial charge in [-0.15, -0.1) is 0 Å². The van der Waals surface area contributed by atoms with E-state index in [1.165, 1.54) is 4.31 Å². The third-order valence-corrected chi connectivity index (χ3v) is 7.96. The van der Waals surface area contributed by atoms with E-state index in [0.717, 1.165) is 5.56 Å². The number of furan rings is 1. The predicted octanol–water partition coefficient (Wildman–Crippen LogP) is 7.05. The Balaban J connectivity index is 1.60. The number of hydrogen-bond acceptors (Lipinski definition) is 5. The smallest absolute Gasteiger partial charge is 0.243 e. The molecular weight excluding hydrogens is 519 g/mol. The zero-order valence-corrected chi connectivity index (χ0v) is 22.0. The summed E-state index contributed by atoms with van der Waals surface area (Å²) in [6.45, 7) is 2.01. The van der Waals surface area contributed by atoms with Crippen molar-refractivity contribution in [2.24, 2.45) is 4.99 Å². The van der Waals surface area contributed by atoms with Crippen LogP contribution in [0, 0.1) is 6.92 Å². The quantitative estimate of drug-likeness (QED) is 0.212. The Labute approximate surface area is 220 Å². The third-order valence-electron chi connectivity index (χ3n) is 5.41. The molecule has 6 nitrogen and oxygen atoms in total. The average Bonchev–Trinajstić information content (AvgIpc) is 3.32. The van der Waals surface area contributed by atoms with E-state index < -0.39 is 10.0 Å². The van der Waals surface area contributed by atoms with Crippen LogP contribution in [0.3, 0.4) is 0 Å². The largest absolute Gasteiger partial charge is 0.497 e. The first-order chi connectivity index (χ1) is 17.2. The summed E-state index contributed by atoms with van der Waals surface area (Å²) in [4.78, 5) is 4.60. The van der Waals surface area contributed by atoms with Crippen molar-refractivity contribution in [1.29, 1.82) is 0 Å². The van der Waals surface area contributed by atoms with Gasteiger partial charge in [0.1, 0.15) is 17.3 Å². The van der Waals surface area contributed by atoms with Gasteiger partial charge in [0.2, 0.25) is 10.0 Å². The Morgan fingerprint density at radius 2 is 1.72 bits per heavy atom. The number of aliphatic imine (C=N–C) groups is 1. The molecule has 36 heavy (non-hydrogen) atoms. The number of benzene rings is 3. The van der Waals surface area contributed by atoms with Gasteiger partial charge in [-0.25, -0.2) is 8.42 Å². The van der Waals surface area contributed by atoms with Crippen molar-refractivity contribution in [2.45, 2.75) is 24.9 Å². The highest BCUT2D eigenvalue weighted by atomic mass is 35.5. The van der Waals surface area contributed by atoms with Gasteiger partial charge in [0.15, 0.2) is 0 Å². The van der Waals surface area contributed by atoms with Gasteiger partial charge in [-0.3, -0.25) is 4.99 Å². The van der Waals surface area contributed by atoms with Gasteiger partial charge in [-0.2, -0.15) is 4.31 Å². The van der Waals surface area contributed by atoms with Crippen molar-refractivity contribution in [3.63, 3.8) is 0 Å². The molecule has 0 saturated carbocycles. The number of sulfonamides is 1. The zero-order valence-electron chi connectivity index (χ0n) is 19.7. The Morgan fingerprint density at radius 3 is 2.44 bits per heavy atom. The average molecular weight is 543 g/mol. The van der Waals surface area contributed by atoms with E-state index in [2.05, 4.69) is 4.99 Å². The molecular formula is C27H24Cl2N2O4S. The van der Waals surface area contributed by atoms with E-state index in [9.17, 15) is 8.42 Å². The Kier molecular flexibility index (Phi) is 8.16. The van der Waals surface area contributed by atoms with E-state index in [4.69, 9.17) is 32.4 Å². The number of ether oxygens (including phenoxy) is 1. The molecule has 0 aliphatic heterocycles. The van der Waals surface area contributed by atoms with E-state index in [0.29, 0.717) is 38.6 Å². The van der Waals surface area contributed by atoms with Gasteiger partial charge in [-0.05, 0) is 61.0 Å². The molecule has 0 fully saturated rings. The standard InChI is InChI=1S/C27H24Cl2N2O4S/c1-19-6-11-25(12-7-19)36(32,33)31(17-20-8-13-26(28)27(29)14-20)18-24-10-9-23(35-24)16-30-21-4-3-5-22(15-21)34-2/h3-16H,17-18H2,1-2H3. The number of aryl methyl sites for hydroxylation is 1. The monoisotopic (exact) mass is 542 g/mol. The number of nitrogens with zero attached hydrogens (tertiary/aromatic N) is 2.